The fourth-order valence-corrected chi connectivity index (χ4v) is 13.6. The van der Waals surface area contributed by atoms with E-state index in [1.165, 1.54) is 0 Å². The van der Waals surface area contributed by atoms with Crippen LogP contribution in [-0.4, -0.2) is 33.0 Å². The molecule has 0 radical (unpaired) electrons. The molecule has 2 atom stereocenters. The summed E-state index contributed by atoms with van der Waals surface area (Å²) in [6, 6.07) is 17.6. The van der Waals surface area contributed by atoms with E-state index in [0.29, 0.717) is 12.8 Å². The van der Waals surface area contributed by atoms with Crippen LogP contribution in [0, 0.1) is 10.8 Å². The van der Waals surface area contributed by atoms with Crippen molar-refractivity contribution in [2.24, 2.45) is 10.8 Å². The van der Waals surface area contributed by atoms with E-state index in [0.717, 1.165) is 66.8 Å². The van der Waals surface area contributed by atoms with Gasteiger partial charge in [-0.3, -0.25) is 4.79 Å². The van der Waals surface area contributed by atoms with Crippen LogP contribution in [0.5, 0.6) is 23.0 Å². The monoisotopic (exact) mass is 955 g/mol. The summed E-state index contributed by atoms with van der Waals surface area (Å²) in [5.74, 6) is 0.770. The van der Waals surface area contributed by atoms with Crippen molar-refractivity contribution in [2.75, 3.05) is 6.61 Å². The van der Waals surface area contributed by atoms with Crippen molar-refractivity contribution in [3.05, 3.63) is 115 Å². The topological polar surface area (TPSA) is 107 Å². The predicted octanol–water partition coefficient (Wildman–Crippen LogP) is 15.5. The number of benzene rings is 4. The lowest BCUT2D eigenvalue weighted by molar-refractivity contribution is -0.217. The molecule has 2 bridgehead atoms. The molecule has 4 aromatic rings. The summed E-state index contributed by atoms with van der Waals surface area (Å²) in [5.41, 5.74) is 1.99. The summed E-state index contributed by atoms with van der Waals surface area (Å²) in [7, 11) is 0. The van der Waals surface area contributed by atoms with E-state index in [-0.39, 0.29) is 35.6 Å². The molecule has 0 spiro atoms. The minimum atomic E-state index is -1.34. The first-order valence-electron chi connectivity index (χ1n) is 26.0. The van der Waals surface area contributed by atoms with E-state index >= 15 is 4.79 Å². The van der Waals surface area contributed by atoms with Gasteiger partial charge in [0.15, 0.2) is 0 Å². The average Bonchev–Trinajstić information content (AvgIpc) is 3.55. The Morgan fingerprint density at radius 3 is 0.786 bits per heavy atom. The highest BCUT2D eigenvalue weighted by Crippen LogP contribution is 2.89. The second kappa shape index (κ2) is 15.3. The number of phenols is 4. The number of hydrogen-bond acceptors (Lipinski definition) is 6. The Labute approximate surface area is 423 Å². The maximum absolute atomic E-state index is 16.6. The molecule has 4 aliphatic rings. The Morgan fingerprint density at radius 2 is 0.571 bits per heavy atom. The number of phenolic OH excluding ortho intramolecular Hbond substituents is 4. The SMILES string of the molecule is CC(C)(C)c1cc(C2(c3cc(C(C)(C)C)c(O)c(C(C)(C)C)c3)CC34COC(=O)C2(C3)C4(c2cc(C(C)(C)C)c(O)c(C(C)(C)C)c2)c2cc(C(C)(C)C)c(O)c(C(C)(C)C)c2)cc(C(C)(C)C)c1O. The highest BCUT2D eigenvalue weighted by atomic mass is 16.5. The standard InChI is InChI=1S/C64H90O6/c1-53(2,3)40-25-36(26-41(48(40)65)54(4,5)6)62(37-27-42(55(7,8)9)49(66)43(28-37)56(10,11)12)33-61-34-63(62,52(69)70-35-61)64(61,38-29-44(57(13,14)15)50(67)45(30-38)58(16,17)18)39-31-46(59(19,20)21)51(68)47(32-39)60(22,23)24/h25-32,65-68H,33-35H2,1-24H3. The Morgan fingerprint density at radius 1 is 0.357 bits per heavy atom. The molecule has 3 saturated carbocycles. The summed E-state index contributed by atoms with van der Waals surface area (Å²) in [4.78, 5) is 16.6. The summed E-state index contributed by atoms with van der Waals surface area (Å²) in [6.07, 6.45) is 1.02. The molecule has 4 N–H and O–H groups in total. The number of hydrogen-bond donors (Lipinski definition) is 4. The van der Waals surface area contributed by atoms with Crippen molar-refractivity contribution in [1.29, 1.82) is 0 Å². The van der Waals surface area contributed by atoms with Crippen LogP contribution in [-0.2, 0) is 63.7 Å². The van der Waals surface area contributed by atoms with E-state index in [1.54, 1.807) is 0 Å². The zero-order chi connectivity index (χ0) is 53.3. The molecule has 4 aromatic carbocycles. The average molecular weight is 955 g/mol. The van der Waals surface area contributed by atoms with Gasteiger partial charge in [0.1, 0.15) is 23.0 Å². The number of cyclic esters (lactones) is 1. The van der Waals surface area contributed by atoms with Gasteiger partial charge in [0.25, 0.3) is 0 Å². The minimum absolute atomic E-state index is 0.162. The van der Waals surface area contributed by atoms with Crippen molar-refractivity contribution in [2.45, 2.75) is 233 Å². The summed E-state index contributed by atoms with van der Waals surface area (Å²) >= 11 is 0. The zero-order valence-electron chi connectivity index (χ0n) is 47.8. The van der Waals surface area contributed by atoms with Crippen LogP contribution in [0.4, 0.5) is 0 Å². The Kier molecular flexibility index (Phi) is 11.7. The maximum Gasteiger partial charge on any atom is 0.314 e. The van der Waals surface area contributed by atoms with Gasteiger partial charge in [-0.15, -0.1) is 0 Å². The quantitative estimate of drug-likeness (QED) is 0.152. The van der Waals surface area contributed by atoms with Crippen molar-refractivity contribution < 1.29 is 30.0 Å². The fraction of sp³-hybridized carbons (Fsp3) is 0.609. The van der Waals surface area contributed by atoms with Crippen LogP contribution in [0.3, 0.4) is 0 Å². The number of ether oxygens (including phenoxy) is 1. The van der Waals surface area contributed by atoms with Crippen LogP contribution in [0.15, 0.2) is 48.5 Å². The van der Waals surface area contributed by atoms with Crippen molar-refractivity contribution >= 4 is 5.97 Å². The van der Waals surface area contributed by atoms with Gasteiger partial charge < -0.3 is 25.2 Å². The molecule has 382 valence electrons. The van der Waals surface area contributed by atoms with Gasteiger partial charge in [-0.05, 0) is 123 Å². The van der Waals surface area contributed by atoms with E-state index in [2.05, 4.69) is 215 Å². The smallest absolute Gasteiger partial charge is 0.314 e. The molecule has 6 nitrogen and oxygen atoms in total. The normalized spacial score (nSPS) is 21.7. The zero-order valence-corrected chi connectivity index (χ0v) is 47.8. The first-order chi connectivity index (χ1) is 31.3. The second-order valence-corrected chi connectivity index (χ2v) is 30.5. The largest absolute Gasteiger partial charge is 0.507 e. The predicted molar refractivity (Wildman–Crippen MR) is 289 cm³/mol. The summed E-state index contributed by atoms with van der Waals surface area (Å²) < 4.78 is 6.74. The van der Waals surface area contributed by atoms with Gasteiger partial charge >= 0.3 is 5.97 Å². The maximum atomic E-state index is 16.6. The van der Waals surface area contributed by atoms with E-state index in [4.69, 9.17) is 4.74 Å². The van der Waals surface area contributed by atoms with Crippen LogP contribution in [0.25, 0.3) is 0 Å². The van der Waals surface area contributed by atoms with E-state index in [1.807, 2.05) is 0 Å². The minimum Gasteiger partial charge on any atom is -0.507 e. The fourth-order valence-electron chi connectivity index (χ4n) is 13.6. The number of rotatable bonds is 4. The summed E-state index contributed by atoms with van der Waals surface area (Å²) in [6.45, 7) is 51.5. The molecule has 0 amide bonds. The molecule has 8 rings (SSSR count). The highest BCUT2D eigenvalue weighted by molar-refractivity contribution is 5.92. The molecular weight excluding hydrogens is 865 g/mol. The number of carbonyl (C=O) groups excluding carboxylic acids is 1. The number of fused-ring (bicyclic) bond motifs is 1. The lowest BCUT2D eigenvalue weighted by atomic mass is 9.33. The molecular formula is C64H90O6. The van der Waals surface area contributed by atoms with Gasteiger partial charge in [-0.25, -0.2) is 0 Å². The van der Waals surface area contributed by atoms with Crippen LogP contribution in [0.2, 0.25) is 0 Å². The molecule has 6 heteroatoms. The van der Waals surface area contributed by atoms with Gasteiger partial charge in [0.05, 0.1) is 12.0 Å². The van der Waals surface area contributed by atoms with Crippen molar-refractivity contribution in [3.63, 3.8) is 0 Å². The first kappa shape index (κ1) is 53.4. The number of esters is 1. The van der Waals surface area contributed by atoms with Crippen molar-refractivity contribution in [3.8, 4) is 23.0 Å². The first-order valence-corrected chi connectivity index (χ1v) is 26.0. The molecule has 1 heterocycles. The third-order valence-electron chi connectivity index (χ3n) is 17.0. The third kappa shape index (κ3) is 7.46. The van der Waals surface area contributed by atoms with Gasteiger partial charge in [0.2, 0.25) is 0 Å². The van der Waals surface area contributed by atoms with Crippen LogP contribution in [0.1, 0.15) is 246 Å². The second-order valence-electron chi connectivity index (χ2n) is 30.5. The lowest BCUT2D eigenvalue weighted by Gasteiger charge is -2.69. The lowest BCUT2D eigenvalue weighted by Crippen LogP contribution is -2.74. The number of carbonyl (C=O) groups is 1. The van der Waals surface area contributed by atoms with Gasteiger partial charge in [0, 0.05) is 16.2 Å². The van der Waals surface area contributed by atoms with Gasteiger partial charge in [-0.2, -0.15) is 0 Å². The van der Waals surface area contributed by atoms with Crippen molar-refractivity contribution in [1.82, 2.24) is 0 Å². The molecule has 2 unspecified atom stereocenters. The molecule has 1 saturated heterocycles. The molecule has 1 aliphatic heterocycles. The van der Waals surface area contributed by atoms with Crippen LogP contribution >= 0.6 is 0 Å². The van der Waals surface area contributed by atoms with E-state index in [9.17, 15) is 20.4 Å². The Balaban J connectivity index is 1.88. The highest BCUT2D eigenvalue weighted by Gasteiger charge is 2.93. The molecule has 4 fully saturated rings. The van der Waals surface area contributed by atoms with Gasteiger partial charge in [-0.1, -0.05) is 215 Å². The van der Waals surface area contributed by atoms with Crippen LogP contribution < -0.4 is 0 Å². The Bertz CT molecular complexity index is 2490. The number of aromatic hydroxyl groups is 4. The molecule has 70 heavy (non-hydrogen) atoms. The Hall–Kier alpha value is -4.45. The third-order valence-corrected chi connectivity index (χ3v) is 17.0. The molecule has 3 aliphatic carbocycles. The van der Waals surface area contributed by atoms with E-state index < -0.39 is 65.0 Å². The summed E-state index contributed by atoms with van der Waals surface area (Å²) in [5, 5.41) is 50.0. The molecule has 0 aromatic heterocycles.